The van der Waals surface area contributed by atoms with Crippen molar-refractivity contribution >= 4 is 17.9 Å². The monoisotopic (exact) mass is 1070 g/mol. The molecule has 0 amide bonds. The first-order valence-corrected chi connectivity index (χ1v) is 32.4. The zero-order valence-electron chi connectivity index (χ0n) is 50.4. The summed E-state index contributed by atoms with van der Waals surface area (Å²) in [5, 5.41) is 0. The van der Waals surface area contributed by atoms with Crippen LogP contribution in [-0.2, 0) is 28.6 Å². The smallest absolute Gasteiger partial charge is 0.309 e. The Labute approximate surface area is 476 Å². The van der Waals surface area contributed by atoms with E-state index >= 15 is 0 Å². The molecule has 0 spiro atoms. The summed E-state index contributed by atoms with van der Waals surface area (Å²) in [6.07, 6.45) is 88.5. The average Bonchev–Trinajstić information content (AvgIpc) is 3.43. The largest absolute Gasteiger partial charge is 0.462 e. The molecule has 0 saturated carbocycles. The highest BCUT2D eigenvalue weighted by atomic mass is 16.6. The number of unbranched alkanes of at least 4 members (excludes halogenated alkanes) is 30. The highest BCUT2D eigenvalue weighted by molar-refractivity contribution is 5.72. The van der Waals surface area contributed by atoms with Gasteiger partial charge in [-0.15, -0.1) is 0 Å². The molecule has 6 heteroatoms. The molecular weight excluding hydrogens is 949 g/mol. The van der Waals surface area contributed by atoms with E-state index in [2.05, 4.69) is 118 Å². The van der Waals surface area contributed by atoms with E-state index in [4.69, 9.17) is 14.2 Å². The molecule has 0 saturated heterocycles. The van der Waals surface area contributed by atoms with Crippen molar-refractivity contribution in [3.05, 3.63) is 109 Å². The fraction of sp³-hybridized carbons (Fsp3) is 0.704. The van der Waals surface area contributed by atoms with Gasteiger partial charge < -0.3 is 14.2 Å². The van der Waals surface area contributed by atoms with Crippen molar-refractivity contribution in [2.45, 2.75) is 309 Å². The van der Waals surface area contributed by atoms with Crippen LogP contribution in [0.2, 0.25) is 0 Å². The Morgan fingerprint density at radius 3 is 0.909 bits per heavy atom. The Hall–Kier alpha value is -3.93. The number of hydrogen-bond donors (Lipinski definition) is 0. The molecule has 440 valence electrons. The summed E-state index contributed by atoms with van der Waals surface area (Å²) in [5.74, 6) is -1.05. The van der Waals surface area contributed by atoms with Crippen LogP contribution in [-0.4, -0.2) is 37.2 Å². The van der Waals surface area contributed by atoms with Gasteiger partial charge in [-0.3, -0.25) is 14.4 Å². The summed E-state index contributed by atoms with van der Waals surface area (Å²) in [5.41, 5.74) is 0. The summed E-state index contributed by atoms with van der Waals surface area (Å²) >= 11 is 0. The van der Waals surface area contributed by atoms with Crippen LogP contribution in [0.25, 0.3) is 0 Å². The van der Waals surface area contributed by atoms with Gasteiger partial charge in [0.2, 0.25) is 0 Å². The van der Waals surface area contributed by atoms with Crippen LogP contribution in [0.3, 0.4) is 0 Å². The molecule has 0 aliphatic rings. The van der Waals surface area contributed by atoms with Gasteiger partial charge in [0, 0.05) is 12.8 Å². The highest BCUT2D eigenvalue weighted by Crippen LogP contribution is 2.17. The van der Waals surface area contributed by atoms with Crippen LogP contribution in [0, 0.1) is 0 Å². The Kier molecular flexibility index (Phi) is 61.3. The molecule has 1 atom stereocenters. The number of carbonyl (C=O) groups is 3. The lowest BCUT2D eigenvalue weighted by Gasteiger charge is -2.18. The summed E-state index contributed by atoms with van der Waals surface area (Å²) in [7, 11) is 0. The van der Waals surface area contributed by atoms with Crippen LogP contribution in [0.15, 0.2) is 109 Å². The topological polar surface area (TPSA) is 78.9 Å². The molecule has 0 aromatic heterocycles. The summed E-state index contributed by atoms with van der Waals surface area (Å²) < 4.78 is 16.8. The Bertz CT molecular complexity index is 1560. The zero-order chi connectivity index (χ0) is 55.7. The number of rotatable bonds is 58. The fourth-order valence-corrected chi connectivity index (χ4v) is 9.04. The number of allylic oxidation sites excluding steroid dienone is 17. The standard InChI is InChI=1S/C71H120O6/c1-4-7-10-13-16-19-22-25-28-30-32-33-34-35-36-37-39-40-43-46-49-52-55-58-61-64-70(73)76-67-68(66-75-69(72)63-60-57-54-51-48-45-42-27-24-21-18-15-12-9-6-3)77-71(74)65-62-59-56-53-50-47-44-41-38-31-29-26-23-20-17-14-11-8-5-2/h8-9,11-12,17-18,20-21,26-27,29,38,41-42,48,51,57,60,68H,4-7,10,13-16,19,22-25,28,30-37,39-40,43-47,49-50,52-56,58-59,61-67H2,1-3H3/b11-8-,12-9-,20-17-,21-18-,29-26-,41-38-,42-27-,51-48-,60-57-. The minimum atomic E-state index is -0.828. The number of ether oxygens (including phenoxy) is 3. The lowest BCUT2D eigenvalue weighted by atomic mass is 10.0. The van der Waals surface area contributed by atoms with Crippen molar-refractivity contribution in [2.24, 2.45) is 0 Å². The van der Waals surface area contributed by atoms with Crippen molar-refractivity contribution in [1.82, 2.24) is 0 Å². The molecule has 0 aliphatic carbocycles. The van der Waals surface area contributed by atoms with E-state index in [0.29, 0.717) is 12.8 Å². The van der Waals surface area contributed by atoms with Crippen LogP contribution in [0.4, 0.5) is 0 Å². The van der Waals surface area contributed by atoms with E-state index in [0.717, 1.165) is 109 Å². The first-order chi connectivity index (χ1) is 38.0. The molecule has 0 rings (SSSR count). The van der Waals surface area contributed by atoms with Crippen LogP contribution < -0.4 is 0 Å². The zero-order valence-corrected chi connectivity index (χ0v) is 50.4. The predicted molar refractivity (Wildman–Crippen MR) is 334 cm³/mol. The Balaban J connectivity index is 4.39. The van der Waals surface area contributed by atoms with E-state index < -0.39 is 12.1 Å². The van der Waals surface area contributed by atoms with E-state index in [1.807, 2.05) is 6.08 Å². The Morgan fingerprint density at radius 1 is 0.286 bits per heavy atom. The molecule has 0 N–H and O–H groups in total. The van der Waals surface area contributed by atoms with E-state index in [1.165, 1.54) is 154 Å². The maximum absolute atomic E-state index is 12.9. The highest BCUT2D eigenvalue weighted by Gasteiger charge is 2.19. The normalized spacial score (nSPS) is 12.8. The first kappa shape index (κ1) is 73.1. The average molecular weight is 1070 g/mol. The van der Waals surface area contributed by atoms with Crippen molar-refractivity contribution in [3.63, 3.8) is 0 Å². The molecule has 0 aromatic carbocycles. The summed E-state index contributed by atoms with van der Waals surface area (Å²) in [6.45, 7) is 6.34. The maximum atomic E-state index is 12.9. The minimum Gasteiger partial charge on any atom is -0.462 e. The van der Waals surface area contributed by atoms with Gasteiger partial charge >= 0.3 is 17.9 Å². The van der Waals surface area contributed by atoms with Crippen LogP contribution in [0.1, 0.15) is 303 Å². The quantitative estimate of drug-likeness (QED) is 0.0261. The van der Waals surface area contributed by atoms with Gasteiger partial charge in [0.05, 0.1) is 6.42 Å². The minimum absolute atomic E-state index is 0.113. The maximum Gasteiger partial charge on any atom is 0.309 e. The second-order valence-corrected chi connectivity index (χ2v) is 21.3. The SMILES string of the molecule is CC/C=C\C/C=C\C/C=C\C/C=C\C/C=C\CC(=O)OCC(COC(=O)CCCCCCCCCCCCCCCCCCCCCCCCCCC)OC(=O)CCCCCCCC/C=C\C/C=C\C/C=C\C/C=C\CC. The molecule has 0 heterocycles. The van der Waals surface area contributed by atoms with Crippen molar-refractivity contribution in [2.75, 3.05) is 13.2 Å². The molecule has 0 radical (unpaired) electrons. The third-order valence-electron chi connectivity index (χ3n) is 13.8. The van der Waals surface area contributed by atoms with Gasteiger partial charge in [-0.1, -0.05) is 310 Å². The lowest BCUT2D eigenvalue weighted by Crippen LogP contribution is -2.30. The lowest BCUT2D eigenvalue weighted by molar-refractivity contribution is -0.166. The van der Waals surface area contributed by atoms with Gasteiger partial charge in [-0.05, 0) is 83.5 Å². The first-order valence-electron chi connectivity index (χ1n) is 32.4. The molecule has 6 nitrogen and oxygen atoms in total. The summed E-state index contributed by atoms with van der Waals surface area (Å²) in [6, 6.07) is 0. The molecule has 0 fully saturated rings. The number of hydrogen-bond acceptors (Lipinski definition) is 6. The van der Waals surface area contributed by atoms with Crippen molar-refractivity contribution in [3.8, 4) is 0 Å². The van der Waals surface area contributed by atoms with Crippen molar-refractivity contribution < 1.29 is 28.6 Å². The second kappa shape index (κ2) is 64.6. The number of esters is 3. The molecule has 0 aliphatic heterocycles. The molecular formula is C71H120O6. The van der Waals surface area contributed by atoms with Crippen LogP contribution >= 0.6 is 0 Å². The van der Waals surface area contributed by atoms with E-state index in [1.54, 1.807) is 6.08 Å². The predicted octanol–water partition coefficient (Wildman–Crippen LogP) is 22.2. The molecule has 1 unspecified atom stereocenters. The van der Waals surface area contributed by atoms with Gasteiger partial charge in [-0.2, -0.15) is 0 Å². The second-order valence-electron chi connectivity index (χ2n) is 21.3. The summed E-state index contributed by atoms with van der Waals surface area (Å²) in [4.78, 5) is 38.3. The molecule has 0 aromatic rings. The van der Waals surface area contributed by atoms with Gasteiger partial charge in [0.25, 0.3) is 0 Å². The van der Waals surface area contributed by atoms with Gasteiger partial charge in [0.1, 0.15) is 13.2 Å². The van der Waals surface area contributed by atoms with Gasteiger partial charge in [0.15, 0.2) is 6.10 Å². The Morgan fingerprint density at radius 2 is 0.558 bits per heavy atom. The molecule has 0 bridgehead atoms. The number of carbonyl (C=O) groups excluding carboxylic acids is 3. The third kappa shape index (κ3) is 62.8. The van der Waals surface area contributed by atoms with Gasteiger partial charge in [-0.25, -0.2) is 0 Å². The van der Waals surface area contributed by atoms with Crippen LogP contribution in [0.5, 0.6) is 0 Å². The molecule has 77 heavy (non-hydrogen) atoms. The van der Waals surface area contributed by atoms with Crippen molar-refractivity contribution in [1.29, 1.82) is 0 Å². The van der Waals surface area contributed by atoms with E-state index in [-0.39, 0.29) is 31.6 Å². The fourth-order valence-electron chi connectivity index (χ4n) is 9.04. The van der Waals surface area contributed by atoms with E-state index in [9.17, 15) is 14.4 Å². The third-order valence-corrected chi connectivity index (χ3v) is 13.8.